The molecule has 7 nitrogen and oxygen atoms in total. The molecule has 1 aliphatic carbocycles. The first-order chi connectivity index (χ1) is 23.7. The third-order valence-electron chi connectivity index (χ3n) is 10.9. The molecular weight excluding hydrogens is 643 g/mol. The fourth-order valence-corrected chi connectivity index (χ4v) is 12.9. The van der Waals surface area contributed by atoms with E-state index in [-0.39, 0.29) is 30.1 Å². The molecule has 1 fully saturated rings. The third-order valence-corrected chi connectivity index (χ3v) is 15.9. The molecule has 1 heterocycles. The number of likely N-dealkylation sites (tertiary alicyclic amines) is 1. The number of carbonyl (C=O) groups excluding carboxylic acids is 2. The first kappa shape index (κ1) is 37.4. The predicted octanol–water partition coefficient (Wildman–Crippen LogP) is 6.06. The standard InChI is InChI=1S/C42H53NO6Si/c1-8-29(23-30-21-27(2)39(46)28(3)22-30)19-20-36(45)37-31(24-34-38(35(37)25-44)41(48)43(7)40(34)47)26-49-50(42(4,5)6,32-15-11-9-12-16-32)33-17-13-10-14-18-33/h9-18,21-23,34-36,38,44-46H,8,19-20,24-26H2,1-7H3/b29-23+/t34-,35+,36-,38-/m1/s1. The van der Waals surface area contributed by atoms with Crippen molar-refractivity contribution < 1.29 is 29.3 Å². The SMILES string of the molecule is CC/C(=C\c1cc(C)c(O)c(C)c1)CC[C@@H](O)C1=C(CO[Si](c2ccccc2)(c2ccccc2)C(C)(C)C)C[C@H]2C(=O)N(C)C(=O)[C@H]2[C@H]1CO. The lowest BCUT2D eigenvalue weighted by Crippen LogP contribution is -2.66. The zero-order chi connectivity index (χ0) is 36.4. The highest BCUT2D eigenvalue weighted by Crippen LogP contribution is 2.47. The Morgan fingerprint density at radius 3 is 2.04 bits per heavy atom. The number of amides is 2. The average molecular weight is 696 g/mol. The van der Waals surface area contributed by atoms with Crippen LogP contribution in [0.15, 0.2) is 89.5 Å². The van der Waals surface area contributed by atoms with E-state index in [1.54, 1.807) is 0 Å². The van der Waals surface area contributed by atoms with Crippen LogP contribution in [0.4, 0.5) is 0 Å². The van der Waals surface area contributed by atoms with E-state index in [4.69, 9.17) is 4.43 Å². The first-order valence-corrected chi connectivity index (χ1v) is 19.7. The molecule has 3 aromatic rings. The van der Waals surface area contributed by atoms with E-state index in [0.29, 0.717) is 30.6 Å². The van der Waals surface area contributed by atoms with Gasteiger partial charge in [-0.2, -0.15) is 0 Å². The Morgan fingerprint density at radius 2 is 1.54 bits per heavy atom. The van der Waals surface area contributed by atoms with Gasteiger partial charge in [-0.15, -0.1) is 0 Å². The predicted molar refractivity (Wildman–Crippen MR) is 202 cm³/mol. The van der Waals surface area contributed by atoms with Crippen molar-refractivity contribution in [3.63, 3.8) is 0 Å². The van der Waals surface area contributed by atoms with Crippen LogP contribution >= 0.6 is 0 Å². The Bertz CT molecular complexity index is 1700. The van der Waals surface area contributed by atoms with E-state index >= 15 is 0 Å². The summed E-state index contributed by atoms with van der Waals surface area (Å²) >= 11 is 0. The Hall–Kier alpha value is -3.82. The topological polar surface area (TPSA) is 107 Å². The van der Waals surface area contributed by atoms with Gasteiger partial charge in [0, 0.05) is 13.0 Å². The molecule has 0 saturated carbocycles. The van der Waals surface area contributed by atoms with Gasteiger partial charge in [0.15, 0.2) is 0 Å². The number of hydrogen-bond donors (Lipinski definition) is 3. The Labute approximate surface area is 298 Å². The molecule has 0 aromatic heterocycles. The van der Waals surface area contributed by atoms with Crippen LogP contribution in [-0.4, -0.2) is 66.7 Å². The van der Waals surface area contributed by atoms with E-state index in [9.17, 15) is 24.9 Å². The van der Waals surface area contributed by atoms with Crippen molar-refractivity contribution in [2.75, 3.05) is 20.3 Å². The largest absolute Gasteiger partial charge is 0.507 e. The van der Waals surface area contributed by atoms with Gasteiger partial charge >= 0.3 is 0 Å². The van der Waals surface area contributed by atoms with Gasteiger partial charge in [-0.05, 0) is 94.9 Å². The van der Waals surface area contributed by atoms with Crippen molar-refractivity contribution in [1.82, 2.24) is 4.90 Å². The van der Waals surface area contributed by atoms with Crippen molar-refractivity contribution in [2.45, 2.75) is 78.4 Å². The summed E-state index contributed by atoms with van der Waals surface area (Å²) in [6.07, 6.45) is 3.23. The Morgan fingerprint density at radius 1 is 0.980 bits per heavy atom. The number of phenolic OH excluding ortho intramolecular Hbond substituents is 1. The molecule has 0 radical (unpaired) electrons. The molecule has 1 aliphatic heterocycles. The summed E-state index contributed by atoms with van der Waals surface area (Å²) in [6, 6.07) is 24.6. The molecule has 50 heavy (non-hydrogen) atoms. The van der Waals surface area contributed by atoms with Gasteiger partial charge in [0.05, 0.1) is 31.2 Å². The minimum Gasteiger partial charge on any atom is -0.507 e. The summed E-state index contributed by atoms with van der Waals surface area (Å²) in [5, 5.41) is 35.2. The summed E-state index contributed by atoms with van der Waals surface area (Å²) in [5.74, 6) is -2.27. The lowest BCUT2D eigenvalue weighted by atomic mass is 9.68. The second kappa shape index (κ2) is 15.2. The summed E-state index contributed by atoms with van der Waals surface area (Å²) in [4.78, 5) is 28.1. The maximum absolute atomic E-state index is 13.4. The van der Waals surface area contributed by atoms with Crippen molar-refractivity contribution in [1.29, 1.82) is 0 Å². The average Bonchev–Trinajstić information content (AvgIpc) is 3.31. The van der Waals surface area contributed by atoms with Crippen LogP contribution in [0.25, 0.3) is 6.08 Å². The lowest BCUT2D eigenvalue weighted by molar-refractivity contribution is -0.138. The fourth-order valence-electron chi connectivity index (χ4n) is 8.34. The Kier molecular flexibility index (Phi) is 11.4. The lowest BCUT2D eigenvalue weighted by Gasteiger charge is -2.44. The smallest absolute Gasteiger partial charge is 0.261 e. The van der Waals surface area contributed by atoms with E-state index in [1.807, 2.05) is 62.4 Å². The van der Waals surface area contributed by atoms with Crippen molar-refractivity contribution in [3.8, 4) is 5.75 Å². The van der Waals surface area contributed by atoms with Gasteiger partial charge in [-0.25, -0.2) is 0 Å². The number of aromatic hydroxyl groups is 1. The van der Waals surface area contributed by atoms with Gasteiger partial charge < -0.3 is 19.7 Å². The first-order valence-electron chi connectivity index (χ1n) is 17.8. The van der Waals surface area contributed by atoms with Gasteiger partial charge in [-0.1, -0.05) is 100 Å². The number of benzene rings is 3. The van der Waals surface area contributed by atoms with E-state index in [0.717, 1.165) is 44.6 Å². The normalized spacial score (nSPS) is 20.8. The number of aryl methyl sites for hydroxylation is 2. The maximum Gasteiger partial charge on any atom is 0.261 e. The monoisotopic (exact) mass is 695 g/mol. The van der Waals surface area contributed by atoms with Crippen LogP contribution in [0.1, 0.15) is 70.1 Å². The van der Waals surface area contributed by atoms with Crippen LogP contribution in [0.5, 0.6) is 5.75 Å². The second-order valence-electron chi connectivity index (χ2n) is 15.1. The molecule has 2 aliphatic rings. The molecule has 8 heteroatoms. The third kappa shape index (κ3) is 7.04. The van der Waals surface area contributed by atoms with E-state index < -0.39 is 32.2 Å². The zero-order valence-corrected chi connectivity index (χ0v) is 31.6. The van der Waals surface area contributed by atoms with Crippen LogP contribution in [0, 0.1) is 31.6 Å². The number of aliphatic hydroxyl groups excluding tert-OH is 2. The summed E-state index contributed by atoms with van der Waals surface area (Å²) in [6.45, 7) is 12.3. The highest BCUT2D eigenvalue weighted by atomic mass is 28.4. The minimum atomic E-state index is -2.97. The summed E-state index contributed by atoms with van der Waals surface area (Å²) in [7, 11) is -1.46. The van der Waals surface area contributed by atoms with Crippen LogP contribution in [0.2, 0.25) is 5.04 Å². The quantitative estimate of drug-likeness (QED) is 0.121. The van der Waals surface area contributed by atoms with Gasteiger partial charge in [0.25, 0.3) is 8.32 Å². The number of imide groups is 1. The van der Waals surface area contributed by atoms with Crippen LogP contribution in [0.3, 0.4) is 0 Å². The Balaban J connectivity index is 1.56. The van der Waals surface area contributed by atoms with Crippen molar-refractivity contribution >= 4 is 36.6 Å². The highest BCUT2D eigenvalue weighted by Gasteiger charge is 2.55. The number of carbonyl (C=O) groups is 2. The minimum absolute atomic E-state index is 0.174. The highest BCUT2D eigenvalue weighted by molar-refractivity contribution is 6.99. The number of allylic oxidation sites excluding steroid dienone is 1. The molecule has 5 rings (SSSR count). The van der Waals surface area contributed by atoms with E-state index in [2.05, 4.69) is 58.0 Å². The van der Waals surface area contributed by atoms with Crippen molar-refractivity contribution in [3.05, 3.63) is 106 Å². The number of nitrogens with zero attached hydrogens (tertiary/aromatic N) is 1. The molecule has 0 spiro atoms. The molecule has 3 aromatic carbocycles. The molecule has 3 N–H and O–H groups in total. The van der Waals surface area contributed by atoms with Gasteiger partial charge in [0.1, 0.15) is 5.75 Å². The molecule has 1 saturated heterocycles. The molecule has 266 valence electrons. The second-order valence-corrected chi connectivity index (χ2v) is 19.4. The molecule has 2 amide bonds. The van der Waals surface area contributed by atoms with Gasteiger partial charge in [-0.3, -0.25) is 14.5 Å². The van der Waals surface area contributed by atoms with Crippen LogP contribution in [-0.2, 0) is 14.0 Å². The summed E-state index contributed by atoms with van der Waals surface area (Å²) in [5.41, 5.74) is 5.19. The number of fused-ring (bicyclic) bond motifs is 1. The fraction of sp³-hybridized carbons (Fsp3) is 0.429. The number of rotatable bonds is 12. The van der Waals surface area contributed by atoms with Crippen LogP contribution < -0.4 is 10.4 Å². The van der Waals surface area contributed by atoms with Crippen molar-refractivity contribution in [2.24, 2.45) is 17.8 Å². The molecule has 0 bridgehead atoms. The zero-order valence-electron chi connectivity index (χ0n) is 30.6. The summed E-state index contributed by atoms with van der Waals surface area (Å²) < 4.78 is 7.32. The molecular formula is C42H53NO6Si. The number of phenols is 1. The van der Waals surface area contributed by atoms with Gasteiger partial charge in [0.2, 0.25) is 11.8 Å². The number of hydrogen-bond acceptors (Lipinski definition) is 6. The van der Waals surface area contributed by atoms with E-state index in [1.165, 1.54) is 11.9 Å². The number of aliphatic hydroxyl groups is 2. The molecule has 0 unspecified atom stereocenters. The molecule has 4 atom stereocenters. The maximum atomic E-state index is 13.4.